The lowest BCUT2D eigenvalue weighted by Crippen LogP contribution is -2.45. The van der Waals surface area contributed by atoms with E-state index in [1.165, 1.54) is 0 Å². The van der Waals surface area contributed by atoms with Crippen molar-refractivity contribution in [3.63, 3.8) is 0 Å². The van der Waals surface area contributed by atoms with E-state index in [4.69, 9.17) is 14.2 Å². The first-order valence-corrected chi connectivity index (χ1v) is 10.8. The number of hydrogen-bond acceptors (Lipinski definition) is 6. The number of esters is 2. The fraction of sp³-hybridized carbons (Fsp3) is 0.609. The van der Waals surface area contributed by atoms with Crippen LogP contribution in [-0.2, 0) is 30.5 Å². The molecule has 164 valence electrons. The topological polar surface area (TPSA) is 90.9 Å². The van der Waals surface area contributed by atoms with Gasteiger partial charge >= 0.3 is 11.9 Å². The summed E-state index contributed by atoms with van der Waals surface area (Å²) in [5.41, 5.74) is 0.790. The third-order valence-corrected chi connectivity index (χ3v) is 5.84. The molecule has 2 saturated carbocycles. The van der Waals surface area contributed by atoms with Crippen LogP contribution in [-0.4, -0.2) is 37.1 Å². The molecule has 1 atom stereocenters. The third kappa shape index (κ3) is 6.47. The molecule has 2 aliphatic rings. The number of benzene rings is 1. The lowest BCUT2D eigenvalue weighted by Gasteiger charge is -2.20. The van der Waals surface area contributed by atoms with Crippen molar-refractivity contribution in [1.82, 2.24) is 5.32 Å². The van der Waals surface area contributed by atoms with Crippen LogP contribution in [0.25, 0.3) is 0 Å². The van der Waals surface area contributed by atoms with Crippen molar-refractivity contribution in [2.45, 2.75) is 76.5 Å². The molecule has 1 aromatic carbocycles. The molecule has 2 fully saturated rings. The number of methoxy groups -OCH3 is 1. The van der Waals surface area contributed by atoms with E-state index >= 15 is 0 Å². The van der Waals surface area contributed by atoms with Gasteiger partial charge in [0.2, 0.25) is 5.91 Å². The van der Waals surface area contributed by atoms with Crippen LogP contribution in [0.4, 0.5) is 0 Å². The minimum absolute atomic E-state index is 0.0519. The molecular formula is C23H31NO6. The summed E-state index contributed by atoms with van der Waals surface area (Å²) >= 11 is 0. The van der Waals surface area contributed by atoms with Crippen LogP contribution in [0.1, 0.15) is 63.4 Å². The highest BCUT2D eigenvalue weighted by atomic mass is 16.5. The number of carbonyl (C=O) groups is 3. The van der Waals surface area contributed by atoms with Crippen LogP contribution in [0.5, 0.6) is 5.75 Å². The Hall–Kier alpha value is -2.57. The van der Waals surface area contributed by atoms with Gasteiger partial charge in [-0.2, -0.15) is 0 Å². The summed E-state index contributed by atoms with van der Waals surface area (Å²) in [6.07, 6.45) is 7.14. The second kappa shape index (κ2) is 11.0. The summed E-state index contributed by atoms with van der Waals surface area (Å²) in [6.45, 7) is 0.0519. The molecule has 0 unspecified atom stereocenters. The first-order valence-electron chi connectivity index (χ1n) is 10.8. The highest BCUT2D eigenvalue weighted by molar-refractivity contribution is 5.89. The number of ether oxygens (including phenoxy) is 3. The van der Waals surface area contributed by atoms with Crippen molar-refractivity contribution < 1.29 is 28.6 Å². The van der Waals surface area contributed by atoms with Gasteiger partial charge in [-0.25, -0.2) is 4.79 Å². The molecule has 30 heavy (non-hydrogen) atoms. The van der Waals surface area contributed by atoms with Crippen LogP contribution < -0.4 is 10.1 Å². The van der Waals surface area contributed by atoms with Gasteiger partial charge in [-0.1, -0.05) is 25.0 Å². The number of nitrogens with one attached hydrogen (secondary N) is 1. The highest BCUT2D eigenvalue weighted by Gasteiger charge is 2.31. The van der Waals surface area contributed by atoms with Crippen LogP contribution >= 0.6 is 0 Å². The first-order chi connectivity index (χ1) is 14.5. The maximum atomic E-state index is 12.7. The fourth-order valence-electron chi connectivity index (χ4n) is 4.05. The first kappa shape index (κ1) is 22.1. The Bertz CT molecular complexity index is 720. The quantitative estimate of drug-likeness (QED) is 0.620. The minimum atomic E-state index is -1.04. The molecule has 0 aliphatic heterocycles. The van der Waals surface area contributed by atoms with E-state index in [1.54, 1.807) is 31.4 Å². The Labute approximate surface area is 177 Å². The SMILES string of the molecule is COc1ccc(COC(=O)[C@H](CC(=O)OC2CCCC2)NC(=O)C2CCCC2)cc1. The van der Waals surface area contributed by atoms with Crippen LogP contribution in [0.2, 0.25) is 0 Å². The van der Waals surface area contributed by atoms with Crippen LogP contribution in [0.15, 0.2) is 24.3 Å². The van der Waals surface area contributed by atoms with Gasteiger partial charge in [0.1, 0.15) is 24.5 Å². The molecule has 0 aromatic heterocycles. The van der Waals surface area contributed by atoms with Crippen molar-refractivity contribution >= 4 is 17.8 Å². The Morgan fingerprint density at radius 1 is 1.00 bits per heavy atom. The zero-order chi connectivity index (χ0) is 21.3. The van der Waals surface area contributed by atoms with E-state index < -0.39 is 18.0 Å². The third-order valence-electron chi connectivity index (χ3n) is 5.84. The summed E-state index contributed by atoms with van der Waals surface area (Å²) in [7, 11) is 1.58. The molecule has 0 spiro atoms. The van der Waals surface area contributed by atoms with Gasteiger partial charge in [0.15, 0.2) is 0 Å². The van der Waals surface area contributed by atoms with Crippen molar-refractivity contribution in [3.8, 4) is 5.75 Å². The average molecular weight is 418 g/mol. The van der Waals surface area contributed by atoms with Gasteiger partial charge < -0.3 is 19.5 Å². The van der Waals surface area contributed by atoms with Crippen molar-refractivity contribution in [2.24, 2.45) is 5.92 Å². The van der Waals surface area contributed by atoms with E-state index in [-0.39, 0.29) is 31.0 Å². The summed E-state index contributed by atoms with van der Waals surface area (Å²) in [5.74, 6) is -0.678. The summed E-state index contributed by atoms with van der Waals surface area (Å²) < 4.78 is 16.0. The molecule has 7 nitrogen and oxygen atoms in total. The maximum Gasteiger partial charge on any atom is 0.329 e. The standard InChI is InChI=1S/C23H31NO6/c1-28-18-12-10-16(11-13-18)15-29-23(27)20(24-22(26)17-6-2-3-7-17)14-21(25)30-19-8-4-5-9-19/h10-13,17,19-20H,2-9,14-15H2,1H3,(H,24,26)/t20-/m0/s1. The minimum Gasteiger partial charge on any atom is -0.497 e. The van der Waals surface area contributed by atoms with E-state index in [9.17, 15) is 14.4 Å². The van der Waals surface area contributed by atoms with E-state index in [2.05, 4.69) is 5.32 Å². The normalized spacial score (nSPS) is 18.0. The van der Waals surface area contributed by atoms with Crippen LogP contribution in [0, 0.1) is 5.92 Å². The molecule has 0 radical (unpaired) electrons. The zero-order valence-electron chi connectivity index (χ0n) is 17.6. The van der Waals surface area contributed by atoms with Gasteiger partial charge in [-0.15, -0.1) is 0 Å². The van der Waals surface area contributed by atoms with Gasteiger partial charge in [0.05, 0.1) is 13.5 Å². The molecule has 0 bridgehead atoms. The molecule has 1 N–H and O–H groups in total. The highest BCUT2D eigenvalue weighted by Crippen LogP contribution is 2.25. The Morgan fingerprint density at radius 2 is 1.63 bits per heavy atom. The number of rotatable bonds is 9. The second-order valence-electron chi connectivity index (χ2n) is 8.10. The fourth-order valence-corrected chi connectivity index (χ4v) is 4.05. The molecule has 0 saturated heterocycles. The predicted octanol–water partition coefficient (Wildman–Crippen LogP) is 3.29. The molecule has 1 aromatic rings. The van der Waals surface area contributed by atoms with Gasteiger partial charge in [0.25, 0.3) is 0 Å². The van der Waals surface area contributed by atoms with E-state index in [0.29, 0.717) is 5.75 Å². The van der Waals surface area contributed by atoms with E-state index in [1.807, 2.05) is 0 Å². The van der Waals surface area contributed by atoms with E-state index in [0.717, 1.165) is 56.9 Å². The molecule has 1 amide bonds. The monoisotopic (exact) mass is 417 g/mol. The van der Waals surface area contributed by atoms with Crippen molar-refractivity contribution in [3.05, 3.63) is 29.8 Å². The van der Waals surface area contributed by atoms with Gasteiger partial charge in [-0.05, 0) is 56.2 Å². The van der Waals surface area contributed by atoms with Crippen molar-refractivity contribution in [1.29, 1.82) is 0 Å². The summed E-state index contributed by atoms with van der Waals surface area (Å²) in [4.78, 5) is 37.6. The van der Waals surface area contributed by atoms with Crippen LogP contribution in [0.3, 0.4) is 0 Å². The molecular weight excluding hydrogens is 386 g/mol. The summed E-state index contributed by atoms with van der Waals surface area (Å²) in [6, 6.07) is 6.12. The summed E-state index contributed by atoms with van der Waals surface area (Å²) in [5, 5.41) is 2.73. The zero-order valence-corrected chi connectivity index (χ0v) is 17.6. The second-order valence-corrected chi connectivity index (χ2v) is 8.10. The lowest BCUT2D eigenvalue weighted by molar-refractivity contribution is -0.157. The smallest absolute Gasteiger partial charge is 0.329 e. The Kier molecular flexibility index (Phi) is 8.11. The average Bonchev–Trinajstić information content (AvgIpc) is 3.46. The lowest BCUT2D eigenvalue weighted by atomic mass is 10.1. The number of carbonyl (C=O) groups excluding carboxylic acids is 3. The number of amides is 1. The van der Waals surface area contributed by atoms with Crippen molar-refractivity contribution in [2.75, 3.05) is 7.11 Å². The molecule has 0 heterocycles. The largest absolute Gasteiger partial charge is 0.497 e. The van der Waals surface area contributed by atoms with Gasteiger partial charge in [0, 0.05) is 5.92 Å². The predicted molar refractivity (Wildman–Crippen MR) is 110 cm³/mol. The molecule has 3 rings (SSSR count). The molecule has 7 heteroatoms. The maximum absolute atomic E-state index is 12.7. The molecule has 2 aliphatic carbocycles. The number of hydrogen-bond donors (Lipinski definition) is 1. The Morgan fingerprint density at radius 3 is 2.27 bits per heavy atom. The van der Waals surface area contributed by atoms with Gasteiger partial charge in [-0.3, -0.25) is 9.59 Å². The Balaban J connectivity index is 1.57.